The number of amides is 2. The van der Waals surface area contributed by atoms with E-state index in [1.165, 1.54) is 5.56 Å². The Morgan fingerprint density at radius 1 is 1.18 bits per heavy atom. The maximum Gasteiger partial charge on any atom is 0.243 e. The fraction of sp³-hybridized carbons (Fsp3) is 0.471. The average molecular weight is 297 g/mol. The summed E-state index contributed by atoms with van der Waals surface area (Å²) in [6.45, 7) is 0. The van der Waals surface area contributed by atoms with E-state index in [-0.39, 0.29) is 23.7 Å². The quantitative estimate of drug-likeness (QED) is 0.860. The Hall–Kier alpha value is -2.17. The van der Waals surface area contributed by atoms with Gasteiger partial charge in [0.15, 0.2) is 0 Å². The topological polar surface area (TPSA) is 61.8 Å². The van der Waals surface area contributed by atoms with Crippen LogP contribution >= 0.6 is 0 Å². The van der Waals surface area contributed by atoms with Gasteiger partial charge in [-0.25, -0.2) is 5.43 Å². The molecule has 5 nitrogen and oxygen atoms in total. The summed E-state index contributed by atoms with van der Waals surface area (Å²) in [6.07, 6.45) is 4.38. The molecule has 1 fully saturated rings. The lowest BCUT2D eigenvalue weighted by Crippen LogP contribution is -2.47. The Bertz CT molecular complexity index is 695. The molecule has 5 heteroatoms. The first-order chi connectivity index (χ1) is 10.6. The summed E-state index contributed by atoms with van der Waals surface area (Å²) in [4.78, 5) is 25.4. The van der Waals surface area contributed by atoms with Gasteiger partial charge in [0.1, 0.15) is 0 Å². The number of fused-ring (bicyclic) bond motifs is 2. The Kier molecular flexibility index (Phi) is 3.03. The van der Waals surface area contributed by atoms with Crippen molar-refractivity contribution in [2.45, 2.75) is 32.1 Å². The number of hydrogen-bond donors (Lipinski definition) is 1. The fourth-order valence-corrected chi connectivity index (χ4v) is 3.71. The van der Waals surface area contributed by atoms with Crippen LogP contribution in [-0.4, -0.2) is 24.6 Å². The maximum atomic E-state index is 12.0. The molecular formula is C17H19N3O2. The zero-order valence-corrected chi connectivity index (χ0v) is 12.6. The molecule has 2 aliphatic heterocycles. The van der Waals surface area contributed by atoms with Crippen molar-refractivity contribution < 1.29 is 9.59 Å². The van der Waals surface area contributed by atoms with E-state index in [9.17, 15) is 9.59 Å². The predicted octanol–water partition coefficient (Wildman–Crippen LogP) is 1.85. The highest BCUT2D eigenvalue weighted by atomic mass is 16.2. The van der Waals surface area contributed by atoms with Gasteiger partial charge in [0.05, 0.1) is 5.71 Å². The maximum absolute atomic E-state index is 12.0. The molecule has 1 saturated carbocycles. The van der Waals surface area contributed by atoms with Crippen LogP contribution in [0.5, 0.6) is 0 Å². The number of rotatable bonds is 1. The van der Waals surface area contributed by atoms with E-state index < -0.39 is 0 Å². The van der Waals surface area contributed by atoms with Gasteiger partial charge in [0.25, 0.3) is 0 Å². The molecule has 1 aromatic carbocycles. The third kappa shape index (κ3) is 1.95. The molecule has 114 valence electrons. The van der Waals surface area contributed by atoms with Crippen LogP contribution in [0.15, 0.2) is 23.3 Å². The third-order valence-electron chi connectivity index (χ3n) is 5.20. The number of anilines is 1. The monoisotopic (exact) mass is 297 g/mol. The lowest BCUT2D eigenvalue weighted by Gasteiger charge is -2.39. The molecule has 0 spiro atoms. The lowest BCUT2D eigenvalue weighted by atomic mass is 9.68. The van der Waals surface area contributed by atoms with E-state index in [0.717, 1.165) is 42.6 Å². The van der Waals surface area contributed by atoms with Gasteiger partial charge in [-0.2, -0.15) is 5.10 Å². The molecule has 2 atom stereocenters. The van der Waals surface area contributed by atoms with Crippen molar-refractivity contribution >= 4 is 23.2 Å². The van der Waals surface area contributed by atoms with Crippen molar-refractivity contribution in [1.29, 1.82) is 0 Å². The highest BCUT2D eigenvalue weighted by Gasteiger charge is 2.43. The van der Waals surface area contributed by atoms with E-state index in [1.807, 2.05) is 19.2 Å². The standard InChI is InChI=1S/C17H19N3O2/c1-20-14-8-5-11(9-10(14)3-2-4-15(20)21)16-12-6-7-13(12)17(22)19-18-16/h5,8-9,12-13H,2-4,6-7H2,1H3,(H,19,22). The van der Waals surface area contributed by atoms with Crippen molar-refractivity contribution in [2.24, 2.45) is 16.9 Å². The first-order valence-electron chi connectivity index (χ1n) is 7.92. The zero-order valence-electron chi connectivity index (χ0n) is 12.6. The second-order valence-corrected chi connectivity index (χ2v) is 6.41. The van der Waals surface area contributed by atoms with Gasteiger partial charge >= 0.3 is 0 Å². The fourth-order valence-electron chi connectivity index (χ4n) is 3.71. The van der Waals surface area contributed by atoms with E-state index in [4.69, 9.17) is 0 Å². The summed E-state index contributed by atoms with van der Waals surface area (Å²) in [7, 11) is 1.84. The minimum Gasteiger partial charge on any atom is -0.315 e. The Balaban J connectivity index is 1.71. The third-order valence-corrected chi connectivity index (χ3v) is 5.20. The smallest absolute Gasteiger partial charge is 0.243 e. The van der Waals surface area contributed by atoms with Gasteiger partial charge < -0.3 is 4.90 Å². The van der Waals surface area contributed by atoms with Gasteiger partial charge in [-0.15, -0.1) is 0 Å². The summed E-state index contributed by atoms with van der Waals surface area (Å²) < 4.78 is 0. The van der Waals surface area contributed by atoms with Crippen molar-refractivity contribution in [3.63, 3.8) is 0 Å². The van der Waals surface area contributed by atoms with Crippen molar-refractivity contribution in [2.75, 3.05) is 11.9 Å². The summed E-state index contributed by atoms with van der Waals surface area (Å²) in [6, 6.07) is 6.19. The highest BCUT2D eigenvalue weighted by molar-refractivity contribution is 6.08. The highest BCUT2D eigenvalue weighted by Crippen LogP contribution is 2.40. The number of benzene rings is 1. The number of nitrogens with zero attached hydrogens (tertiary/aromatic N) is 2. The summed E-state index contributed by atoms with van der Waals surface area (Å²) in [5.74, 6) is 0.584. The van der Waals surface area contributed by atoms with Gasteiger partial charge in [0, 0.05) is 31.0 Å². The van der Waals surface area contributed by atoms with Crippen LogP contribution in [0, 0.1) is 11.8 Å². The first kappa shape index (κ1) is 13.5. The number of hydrogen-bond acceptors (Lipinski definition) is 3. The van der Waals surface area contributed by atoms with Gasteiger partial charge in [-0.1, -0.05) is 6.07 Å². The molecule has 3 aliphatic rings. The van der Waals surface area contributed by atoms with E-state index in [1.54, 1.807) is 4.90 Å². The molecule has 2 unspecified atom stereocenters. The number of hydrazone groups is 1. The lowest BCUT2D eigenvalue weighted by molar-refractivity contribution is -0.129. The normalized spacial score (nSPS) is 27.1. The number of carbonyl (C=O) groups excluding carboxylic acids is 2. The first-order valence-corrected chi connectivity index (χ1v) is 7.92. The van der Waals surface area contributed by atoms with Crippen molar-refractivity contribution in [3.05, 3.63) is 29.3 Å². The molecule has 2 heterocycles. The molecule has 1 aromatic rings. The van der Waals surface area contributed by atoms with Crippen LogP contribution < -0.4 is 10.3 Å². The molecule has 2 amide bonds. The predicted molar refractivity (Wildman–Crippen MR) is 83.7 cm³/mol. The minimum absolute atomic E-state index is 0.0556. The average Bonchev–Trinajstić information content (AvgIpc) is 2.61. The number of aryl methyl sites for hydroxylation is 1. The minimum atomic E-state index is 0.0556. The molecular weight excluding hydrogens is 278 g/mol. The van der Waals surface area contributed by atoms with Crippen LogP contribution in [0.4, 0.5) is 5.69 Å². The molecule has 1 N–H and O–H groups in total. The second-order valence-electron chi connectivity index (χ2n) is 6.41. The van der Waals surface area contributed by atoms with Gasteiger partial charge in [-0.05, 0) is 48.9 Å². The Labute approximate surface area is 129 Å². The Morgan fingerprint density at radius 3 is 2.77 bits per heavy atom. The van der Waals surface area contributed by atoms with E-state index in [2.05, 4.69) is 16.6 Å². The molecule has 0 aromatic heterocycles. The summed E-state index contributed by atoms with van der Waals surface area (Å²) in [5.41, 5.74) is 6.92. The number of carbonyl (C=O) groups is 2. The van der Waals surface area contributed by atoms with E-state index >= 15 is 0 Å². The SMILES string of the molecule is CN1C(=O)CCCc2cc(C3=NNC(=O)C4CCC34)ccc21. The molecule has 22 heavy (non-hydrogen) atoms. The molecule has 4 rings (SSSR count). The summed E-state index contributed by atoms with van der Waals surface area (Å²) in [5, 5.41) is 4.31. The molecule has 1 aliphatic carbocycles. The van der Waals surface area contributed by atoms with Crippen LogP contribution in [-0.2, 0) is 16.0 Å². The zero-order chi connectivity index (χ0) is 15.3. The van der Waals surface area contributed by atoms with Crippen LogP contribution in [0.25, 0.3) is 0 Å². The van der Waals surface area contributed by atoms with Gasteiger partial charge in [-0.3, -0.25) is 9.59 Å². The molecule has 0 bridgehead atoms. The van der Waals surface area contributed by atoms with Crippen molar-refractivity contribution in [1.82, 2.24) is 5.43 Å². The van der Waals surface area contributed by atoms with Crippen LogP contribution in [0.2, 0.25) is 0 Å². The Morgan fingerprint density at radius 2 is 2.00 bits per heavy atom. The van der Waals surface area contributed by atoms with Crippen molar-refractivity contribution in [3.8, 4) is 0 Å². The summed E-state index contributed by atoms with van der Waals surface area (Å²) >= 11 is 0. The largest absolute Gasteiger partial charge is 0.315 e. The van der Waals surface area contributed by atoms with Crippen LogP contribution in [0.3, 0.4) is 0 Å². The molecule has 0 radical (unpaired) electrons. The van der Waals surface area contributed by atoms with E-state index in [0.29, 0.717) is 6.42 Å². The van der Waals surface area contributed by atoms with Gasteiger partial charge in [0.2, 0.25) is 11.8 Å². The van der Waals surface area contributed by atoms with Crippen LogP contribution in [0.1, 0.15) is 36.8 Å². The second kappa shape index (κ2) is 4.93. The number of nitrogens with one attached hydrogen (secondary N) is 1. The molecule has 0 saturated heterocycles.